The van der Waals surface area contributed by atoms with Crippen molar-refractivity contribution in [3.8, 4) is 0 Å². The lowest BCUT2D eigenvalue weighted by Gasteiger charge is -2.33. The Labute approximate surface area is 111 Å². The summed E-state index contributed by atoms with van der Waals surface area (Å²) in [6, 6.07) is 1.49. The SMILES string of the molecule is COC(=O)C1COCCN1Cc1ccncc1Cl. The second-order valence-corrected chi connectivity index (χ2v) is 4.46. The summed E-state index contributed by atoms with van der Waals surface area (Å²) in [5.41, 5.74) is 0.947. The van der Waals surface area contributed by atoms with Crippen LogP contribution in [0.1, 0.15) is 5.56 Å². The monoisotopic (exact) mass is 270 g/mol. The van der Waals surface area contributed by atoms with Gasteiger partial charge in [0.05, 0.1) is 25.3 Å². The van der Waals surface area contributed by atoms with Gasteiger partial charge in [-0.2, -0.15) is 0 Å². The van der Waals surface area contributed by atoms with Crippen LogP contribution in [0.3, 0.4) is 0 Å². The third-order valence-electron chi connectivity index (χ3n) is 2.94. The van der Waals surface area contributed by atoms with Gasteiger partial charge in [0.1, 0.15) is 6.04 Å². The van der Waals surface area contributed by atoms with Gasteiger partial charge in [0.2, 0.25) is 0 Å². The zero-order valence-corrected chi connectivity index (χ0v) is 10.9. The summed E-state index contributed by atoms with van der Waals surface area (Å²) in [6.07, 6.45) is 3.29. The fourth-order valence-corrected chi connectivity index (χ4v) is 2.11. The largest absolute Gasteiger partial charge is 0.468 e. The Bertz CT molecular complexity index is 428. The highest BCUT2D eigenvalue weighted by molar-refractivity contribution is 6.31. The van der Waals surface area contributed by atoms with Crippen molar-refractivity contribution in [1.29, 1.82) is 0 Å². The number of esters is 1. The number of carbonyl (C=O) groups is 1. The van der Waals surface area contributed by atoms with Crippen molar-refractivity contribution in [2.24, 2.45) is 0 Å². The van der Waals surface area contributed by atoms with Crippen LogP contribution in [0.5, 0.6) is 0 Å². The number of morpholine rings is 1. The average molecular weight is 271 g/mol. The highest BCUT2D eigenvalue weighted by Gasteiger charge is 2.30. The maximum absolute atomic E-state index is 11.7. The van der Waals surface area contributed by atoms with E-state index in [9.17, 15) is 4.79 Å². The molecule has 0 aromatic carbocycles. The van der Waals surface area contributed by atoms with Crippen molar-refractivity contribution in [3.63, 3.8) is 0 Å². The van der Waals surface area contributed by atoms with E-state index in [0.29, 0.717) is 31.3 Å². The Kier molecular flexibility index (Phi) is 4.52. The fraction of sp³-hybridized carbons (Fsp3) is 0.500. The van der Waals surface area contributed by atoms with Crippen molar-refractivity contribution in [1.82, 2.24) is 9.88 Å². The number of halogens is 1. The molecule has 1 aromatic heterocycles. The minimum absolute atomic E-state index is 0.278. The lowest BCUT2D eigenvalue weighted by molar-refractivity contribution is -0.153. The Morgan fingerprint density at radius 2 is 2.56 bits per heavy atom. The summed E-state index contributed by atoms with van der Waals surface area (Å²) in [4.78, 5) is 17.6. The Morgan fingerprint density at radius 1 is 1.72 bits per heavy atom. The molecule has 1 atom stereocenters. The third-order valence-corrected chi connectivity index (χ3v) is 3.28. The molecule has 1 saturated heterocycles. The van der Waals surface area contributed by atoms with E-state index in [1.54, 1.807) is 12.4 Å². The van der Waals surface area contributed by atoms with Crippen molar-refractivity contribution in [2.45, 2.75) is 12.6 Å². The maximum atomic E-state index is 11.7. The number of pyridine rings is 1. The van der Waals surface area contributed by atoms with Gasteiger partial charge in [0.15, 0.2) is 0 Å². The van der Waals surface area contributed by atoms with Crippen LogP contribution in [0, 0.1) is 0 Å². The molecular formula is C12H15ClN2O3. The van der Waals surface area contributed by atoms with E-state index < -0.39 is 0 Å². The van der Waals surface area contributed by atoms with Gasteiger partial charge in [-0.25, -0.2) is 0 Å². The predicted octanol–water partition coefficient (Wildman–Crippen LogP) is 1.11. The van der Waals surface area contributed by atoms with Gasteiger partial charge in [-0.05, 0) is 11.6 Å². The molecule has 98 valence electrons. The highest BCUT2D eigenvalue weighted by Crippen LogP contribution is 2.19. The first-order valence-corrected chi connectivity index (χ1v) is 6.08. The van der Waals surface area contributed by atoms with E-state index in [1.807, 2.05) is 11.0 Å². The second kappa shape index (κ2) is 6.13. The smallest absolute Gasteiger partial charge is 0.325 e. The molecule has 0 bridgehead atoms. The first-order chi connectivity index (χ1) is 8.72. The number of nitrogens with zero attached hydrogens (tertiary/aromatic N) is 2. The lowest BCUT2D eigenvalue weighted by Crippen LogP contribution is -2.49. The number of hydrogen-bond donors (Lipinski definition) is 0. The lowest BCUT2D eigenvalue weighted by atomic mass is 10.2. The third kappa shape index (κ3) is 2.98. The molecule has 2 rings (SSSR count). The van der Waals surface area contributed by atoms with Gasteiger partial charge in [-0.1, -0.05) is 11.6 Å². The number of aromatic nitrogens is 1. The second-order valence-electron chi connectivity index (χ2n) is 4.05. The fourth-order valence-electron chi connectivity index (χ4n) is 1.93. The van der Waals surface area contributed by atoms with Crippen LogP contribution in [-0.2, 0) is 20.8 Å². The molecule has 0 saturated carbocycles. The van der Waals surface area contributed by atoms with Crippen molar-refractivity contribution in [3.05, 3.63) is 29.0 Å². The molecule has 5 nitrogen and oxygen atoms in total. The van der Waals surface area contributed by atoms with Crippen LogP contribution in [0.2, 0.25) is 5.02 Å². The van der Waals surface area contributed by atoms with E-state index in [2.05, 4.69) is 4.98 Å². The molecular weight excluding hydrogens is 256 g/mol. The van der Waals surface area contributed by atoms with Crippen molar-refractivity contribution in [2.75, 3.05) is 26.9 Å². The van der Waals surface area contributed by atoms with E-state index in [4.69, 9.17) is 21.1 Å². The zero-order valence-electron chi connectivity index (χ0n) is 10.1. The van der Waals surface area contributed by atoms with Gasteiger partial charge >= 0.3 is 5.97 Å². The van der Waals surface area contributed by atoms with Crippen LogP contribution >= 0.6 is 11.6 Å². The van der Waals surface area contributed by atoms with Gasteiger partial charge in [0, 0.05) is 25.5 Å². The molecule has 2 heterocycles. The summed E-state index contributed by atoms with van der Waals surface area (Å²) in [5.74, 6) is -0.278. The van der Waals surface area contributed by atoms with E-state index in [0.717, 1.165) is 5.56 Å². The molecule has 0 radical (unpaired) electrons. The molecule has 0 amide bonds. The number of carbonyl (C=O) groups excluding carboxylic acids is 1. The summed E-state index contributed by atoms with van der Waals surface area (Å²) in [5, 5.41) is 0.604. The molecule has 18 heavy (non-hydrogen) atoms. The molecule has 0 spiro atoms. The molecule has 1 fully saturated rings. The summed E-state index contributed by atoms with van der Waals surface area (Å²) >= 11 is 6.07. The van der Waals surface area contributed by atoms with E-state index >= 15 is 0 Å². The van der Waals surface area contributed by atoms with Crippen LogP contribution < -0.4 is 0 Å². The zero-order chi connectivity index (χ0) is 13.0. The molecule has 1 aliphatic heterocycles. The topological polar surface area (TPSA) is 51.7 Å². The standard InChI is InChI=1S/C12H15ClN2O3/c1-17-12(16)11-8-18-5-4-15(11)7-9-2-3-14-6-10(9)13/h2-3,6,11H,4-5,7-8H2,1H3. The number of ether oxygens (including phenoxy) is 2. The molecule has 1 aromatic rings. The number of hydrogen-bond acceptors (Lipinski definition) is 5. The van der Waals surface area contributed by atoms with Gasteiger partial charge < -0.3 is 9.47 Å². The Morgan fingerprint density at radius 3 is 3.28 bits per heavy atom. The van der Waals surface area contributed by atoms with Gasteiger partial charge in [0.25, 0.3) is 0 Å². The molecule has 6 heteroatoms. The number of rotatable bonds is 3. The van der Waals surface area contributed by atoms with Crippen molar-refractivity contribution >= 4 is 17.6 Å². The highest BCUT2D eigenvalue weighted by atomic mass is 35.5. The number of methoxy groups -OCH3 is 1. The van der Waals surface area contributed by atoms with E-state index in [-0.39, 0.29) is 12.0 Å². The predicted molar refractivity (Wildman–Crippen MR) is 66.3 cm³/mol. The van der Waals surface area contributed by atoms with Crippen LogP contribution in [0.4, 0.5) is 0 Å². The van der Waals surface area contributed by atoms with E-state index in [1.165, 1.54) is 7.11 Å². The molecule has 1 aliphatic rings. The molecule has 0 aliphatic carbocycles. The minimum Gasteiger partial charge on any atom is -0.468 e. The summed E-state index contributed by atoms with van der Waals surface area (Å²) in [7, 11) is 1.38. The minimum atomic E-state index is -0.368. The molecule has 1 unspecified atom stereocenters. The normalized spacial score (nSPS) is 20.7. The summed E-state index contributed by atoms with van der Waals surface area (Å²) in [6.45, 7) is 2.23. The quantitative estimate of drug-likeness (QED) is 0.770. The van der Waals surface area contributed by atoms with Crippen LogP contribution in [0.15, 0.2) is 18.5 Å². The van der Waals surface area contributed by atoms with Crippen LogP contribution in [0.25, 0.3) is 0 Å². The Hall–Kier alpha value is -1.17. The average Bonchev–Trinajstić information content (AvgIpc) is 2.41. The molecule has 0 N–H and O–H groups in total. The summed E-state index contributed by atoms with van der Waals surface area (Å²) < 4.78 is 10.1. The van der Waals surface area contributed by atoms with Crippen molar-refractivity contribution < 1.29 is 14.3 Å². The van der Waals surface area contributed by atoms with Gasteiger partial charge in [-0.15, -0.1) is 0 Å². The first kappa shape index (κ1) is 13.3. The Balaban J connectivity index is 2.10. The van der Waals surface area contributed by atoms with Crippen LogP contribution in [-0.4, -0.2) is 48.8 Å². The first-order valence-electron chi connectivity index (χ1n) is 5.70. The van der Waals surface area contributed by atoms with Gasteiger partial charge in [-0.3, -0.25) is 14.7 Å². The maximum Gasteiger partial charge on any atom is 0.325 e.